The SMILES string of the molecule is CCOc1ccc(C(=O)c2ccc(Cl)c(NCC(O)CO)c2)cc1. The molecule has 5 nitrogen and oxygen atoms in total. The number of nitrogens with one attached hydrogen (secondary N) is 1. The molecule has 6 heteroatoms. The summed E-state index contributed by atoms with van der Waals surface area (Å²) in [6.07, 6.45) is -0.897. The molecule has 2 aromatic rings. The Labute approximate surface area is 145 Å². The summed E-state index contributed by atoms with van der Waals surface area (Å²) in [7, 11) is 0. The third kappa shape index (κ3) is 4.71. The van der Waals surface area contributed by atoms with Crippen LogP contribution >= 0.6 is 11.6 Å². The highest BCUT2D eigenvalue weighted by Gasteiger charge is 2.12. The van der Waals surface area contributed by atoms with Crippen LogP contribution in [0.5, 0.6) is 5.75 Å². The lowest BCUT2D eigenvalue weighted by atomic mass is 10.0. The topological polar surface area (TPSA) is 78.8 Å². The molecule has 0 saturated heterocycles. The summed E-state index contributed by atoms with van der Waals surface area (Å²) >= 11 is 6.09. The molecule has 1 atom stereocenters. The molecule has 0 aliphatic carbocycles. The first kappa shape index (κ1) is 18.3. The smallest absolute Gasteiger partial charge is 0.193 e. The minimum absolute atomic E-state index is 0.136. The summed E-state index contributed by atoms with van der Waals surface area (Å²) in [5, 5.41) is 21.6. The van der Waals surface area contributed by atoms with Crippen LogP contribution in [0.4, 0.5) is 5.69 Å². The molecule has 1 unspecified atom stereocenters. The van der Waals surface area contributed by atoms with Gasteiger partial charge < -0.3 is 20.3 Å². The van der Waals surface area contributed by atoms with Crippen molar-refractivity contribution in [2.45, 2.75) is 13.0 Å². The molecule has 0 aromatic heterocycles. The van der Waals surface area contributed by atoms with Crippen molar-refractivity contribution in [2.75, 3.05) is 25.1 Å². The molecule has 0 spiro atoms. The molecule has 0 amide bonds. The van der Waals surface area contributed by atoms with Gasteiger partial charge in [0.1, 0.15) is 5.75 Å². The monoisotopic (exact) mass is 349 g/mol. The third-order valence-corrected chi connectivity index (χ3v) is 3.72. The van der Waals surface area contributed by atoms with Crippen molar-refractivity contribution in [1.29, 1.82) is 0 Å². The van der Waals surface area contributed by atoms with Crippen molar-refractivity contribution >= 4 is 23.1 Å². The van der Waals surface area contributed by atoms with E-state index in [2.05, 4.69) is 5.32 Å². The summed E-state index contributed by atoms with van der Waals surface area (Å²) in [6.45, 7) is 2.25. The van der Waals surface area contributed by atoms with Gasteiger partial charge in [-0.3, -0.25) is 4.79 Å². The zero-order valence-corrected chi connectivity index (χ0v) is 14.1. The highest BCUT2D eigenvalue weighted by Crippen LogP contribution is 2.25. The van der Waals surface area contributed by atoms with Gasteiger partial charge in [-0.05, 0) is 49.4 Å². The van der Waals surface area contributed by atoms with E-state index >= 15 is 0 Å². The summed E-state index contributed by atoms with van der Waals surface area (Å²) < 4.78 is 5.36. The molecular weight excluding hydrogens is 330 g/mol. The van der Waals surface area contributed by atoms with Gasteiger partial charge in [0.15, 0.2) is 5.78 Å². The number of anilines is 1. The van der Waals surface area contributed by atoms with E-state index in [1.54, 1.807) is 42.5 Å². The fourth-order valence-corrected chi connectivity index (χ4v) is 2.31. The number of benzene rings is 2. The average Bonchev–Trinajstić information content (AvgIpc) is 2.61. The number of aliphatic hydroxyl groups excluding tert-OH is 2. The molecular formula is C18H20ClNO4. The van der Waals surface area contributed by atoms with Crippen LogP contribution in [0.3, 0.4) is 0 Å². The molecule has 0 aliphatic rings. The van der Waals surface area contributed by atoms with Gasteiger partial charge in [-0.15, -0.1) is 0 Å². The lowest BCUT2D eigenvalue weighted by molar-refractivity contribution is 0.103. The molecule has 0 radical (unpaired) electrons. The standard InChI is InChI=1S/C18H20ClNO4/c1-2-24-15-6-3-12(4-7-15)18(23)13-5-8-16(19)17(9-13)20-10-14(22)11-21/h3-9,14,20-22H,2,10-11H2,1H3. The second-order valence-corrected chi connectivity index (χ2v) is 5.61. The highest BCUT2D eigenvalue weighted by molar-refractivity contribution is 6.33. The maximum atomic E-state index is 12.6. The summed E-state index contributed by atoms with van der Waals surface area (Å²) in [5.41, 5.74) is 1.55. The van der Waals surface area contributed by atoms with Crippen molar-refractivity contribution in [1.82, 2.24) is 0 Å². The van der Waals surface area contributed by atoms with Crippen molar-refractivity contribution in [3.63, 3.8) is 0 Å². The lowest BCUT2D eigenvalue weighted by Crippen LogP contribution is -2.23. The molecule has 0 saturated carbocycles. The Balaban J connectivity index is 2.16. The maximum Gasteiger partial charge on any atom is 0.193 e. The Morgan fingerprint density at radius 1 is 1.21 bits per heavy atom. The van der Waals surface area contributed by atoms with Gasteiger partial charge in [0.2, 0.25) is 0 Å². The zero-order valence-electron chi connectivity index (χ0n) is 13.3. The number of hydrogen-bond donors (Lipinski definition) is 3. The van der Waals surface area contributed by atoms with Crippen LogP contribution in [-0.2, 0) is 0 Å². The van der Waals surface area contributed by atoms with E-state index in [0.717, 1.165) is 0 Å². The maximum absolute atomic E-state index is 12.6. The van der Waals surface area contributed by atoms with Crippen LogP contribution in [0.15, 0.2) is 42.5 Å². The van der Waals surface area contributed by atoms with E-state index < -0.39 is 6.10 Å². The van der Waals surface area contributed by atoms with Crippen LogP contribution in [0, 0.1) is 0 Å². The molecule has 2 aromatic carbocycles. The number of carbonyl (C=O) groups excluding carboxylic acids is 1. The number of hydrogen-bond acceptors (Lipinski definition) is 5. The second kappa shape index (κ2) is 8.68. The van der Waals surface area contributed by atoms with Crippen molar-refractivity contribution < 1.29 is 19.7 Å². The lowest BCUT2D eigenvalue weighted by Gasteiger charge is -2.13. The molecule has 3 N–H and O–H groups in total. The number of carbonyl (C=O) groups is 1. The second-order valence-electron chi connectivity index (χ2n) is 5.20. The van der Waals surface area contributed by atoms with Gasteiger partial charge in [-0.2, -0.15) is 0 Å². The normalized spacial score (nSPS) is 11.8. The Kier molecular flexibility index (Phi) is 6.61. The van der Waals surface area contributed by atoms with E-state index in [4.69, 9.17) is 21.4 Å². The van der Waals surface area contributed by atoms with Crippen LogP contribution in [0.2, 0.25) is 5.02 Å². The minimum atomic E-state index is -0.897. The Bertz CT molecular complexity index is 688. The molecule has 2 rings (SSSR count). The van der Waals surface area contributed by atoms with E-state index in [0.29, 0.717) is 34.2 Å². The van der Waals surface area contributed by atoms with Crippen molar-refractivity contribution in [2.24, 2.45) is 0 Å². The molecule has 24 heavy (non-hydrogen) atoms. The summed E-state index contributed by atoms with van der Waals surface area (Å²) in [6, 6.07) is 11.8. The first-order valence-corrected chi connectivity index (χ1v) is 8.02. The van der Waals surface area contributed by atoms with Crippen LogP contribution in [0.25, 0.3) is 0 Å². The largest absolute Gasteiger partial charge is 0.494 e. The Morgan fingerprint density at radius 3 is 2.50 bits per heavy atom. The van der Waals surface area contributed by atoms with Gasteiger partial charge in [0.05, 0.1) is 30.0 Å². The van der Waals surface area contributed by atoms with Crippen LogP contribution in [-0.4, -0.2) is 41.9 Å². The van der Waals surface area contributed by atoms with E-state index in [-0.39, 0.29) is 18.9 Å². The Morgan fingerprint density at radius 2 is 1.88 bits per heavy atom. The van der Waals surface area contributed by atoms with E-state index in [1.165, 1.54) is 0 Å². The first-order chi connectivity index (χ1) is 11.5. The van der Waals surface area contributed by atoms with Crippen LogP contribution < -0.4 is 10.1 Å². The minimum Gasteiger partial charge on any atom is -0.494 e. The molecule has 0 bridgehead atoms. The number of aliphatic hydroxyl groups is 2. The number of ketones is 1. The zero-order chi connectivity index (χ0) is 17.5. The highest BCUT2D eigenvalue weighted by atomic mass is 35.5. The third-order valence-electron chi connectivity index (χ3n) is 3.39. The Hall–Kier alpha value is -2.08. The van der Waals surface area contributed by atoms with Crippen molar-refractivity contribution in [3.05, 3.63) is 58.6 Å². The molecule has 0 aliphatic heterocycles. The predicted molar refractivity (Wildman–Crippen MR) is 94.1 cm³/mol. The quantitative estimate of drug-likeness (QED) is 0.639. The van der Waals surface area contributed by atoms with Gasteiger partial charge in [0.25, 0.3) is 0 Å². The van der Waals surface area contributed by atoms with E-state index in [1.807, 2.05) is 6.92 Å². The predicted octanol–water partition coefficient (Wildman–Crippen LogP) is 2.73. The first-order valence-electron chi connectivity index (χ1n) is 7.65. The van der Waals surface area contributed by atoms with E-state index in [9.17, 15) is 9.90 Å². The van der Waals surface area contributed by atoms with Gasteiger partial charge in [-0.1, -0.05) is 11.6 Å². The fourth-order valence-electron chi connectivity index (χ4n) is 2.13. The van der Waals surface area contributed by atoms with Gasteiger partial charge in [0, 0.05) is 17.7 Å². The average molecular weight is 350 g/mol. The summed E-state index contributed by atoms with van der Waals surface area (Å²) in [5.74, 6) is 0.575. The number of rotatable bonds is 8. The molecule has 0 heterocycles. The van der Waals surface area contributed by atoms with Gasteiger partial charge >= 0.3 is 0 Å². The molecule has 128 valence electrons. The van der Waals surface area contributed by atoms with Crippen molar-refractivity contribution in [3.8, 4) is 5.75 Å². The summed E-state index contributed by atoms with van der Waals surface area (Å²) in [4.78, 5) is 12.6. The van der Waals surface area contributed by atoms with Gasteiger partial charge in [-0.25, -0.2) is 0 Å². The van der Waals surface area contributed by atoms with Crippen LogP contribution in [0.1, 0.15) is 22.8 Å². The fraction of sp³-hybridized carbons (Fsp3) is 0.278. The molecule has 0 fully saturated rings. The number of halogens is 1. The number of ether oxygens (including phenoxy) is 1.